The predicted octanol–water partition coefficient (Wildman–Crippen LogP) is 2.03. The third kappa shape index (κ3) is 2.59. The van der Waals surface area contributed by atoms with Crippen LogP contribution in [-0.2, 0) is 9.84 Å². The zero-order valence-electron chi connectivity index (χ0n) is 8.95. The van der Waals surface area contributed by atoms with E-state index < -0.39 is 9.84 Å². The number of benzene rings is 1. The lowest BCUT2D eigenvalue weighted by Gasteiger charge is -1.99. The number of thiazole rings is 1. The summed E-state index contributed by atoms with van der Waals surface area (Å²) >= 11 is 1.35. The molecule has 0 saturated carbocycles. The van der Waals surface area contributed by atoms with Crippen LogP contribution in [0.2, 0.25) is 0 Å². The van der Waals surface area contributed by atoms with Crippen molar-refractivity contribution in [2.45, 2.75) is 4.90 Å². The van der Waals surface area contributed by atoms with Gasteiger partial charge in [0.15, 0.2) is 16.1 Å². The Morgan fingerprint density at radius 2 is 1.88 bits per heavy atom. The quantitative estimate of drug-likeness (QED) is 0.798. The van der Waals surface area contributed by atoms with Crippen molar-refractivity contribution in [2.24, 2.45) is 0 Å². The third-order valence-electron chi connectivity index (χ3n) is 2.17. The second kappa shape index (κ2) is 4.38. The zero-order chi connectivity index (χ0) is 12.5. The first kappa shape index (κ1) is 11.9. The fourth-order valence-electron chi connectivity index (χ4n) is 1.32. The maximum absolute atomic E-state index is 11.3. The van der Waals surface area contributed by atoms with Crippen LogP contribution in [0.25, 0.3) is 10.6 Å². The van der Waals surface area contributed by atoms with Gasteiger partial charge in [0.2, 0.25) is 0 Å². The summed E-state index contributed by atoms with van der Waals surface area (Å²) in [5.74, 6) is 0. The summed E-state index contributed by atoms with van der Waals surface area (Å²) in [6.07, 6.45) is 1.85. The molecule has 0 saturated heterocycles. The molecular weight excluding hydrogens is 258 g/mol. The first-order valence-corrected chi connectivity index (χ1v) is 7.49. The van der Waals surface area contributed by atoms with Gasteiger partial charge in [-0.15, -0.1) is 11.3 Å². The van der Waals surface area contributed by atoms with Crippen molar-refractivity contribution >= 4 is 27.5 Å². The lowest BCUT2D eigenvalue weighted by atomic mass is 10.2. The minimum absolute atomic E-state index is 0.272. The molecule has 17 heavy (non-hydrogen) atoms. The lowest BCUT2D eigenvalue weighted by molar-refractivity contribution is 0.111. The van der Waals surface area contributed by atoms with Gasteiger partial charge in [0.1, 0.15) is 10.7 Å². The number of aldehydes is 1. The number of carbonyl (C=O) groups excluding carboxylic acids is 1. The maximum Gasteiger partial charge on any atom is 0.175 e. The number of hydrogen-bond donors (Lipinski definition) is 0. The fraction of sp³-hybridized carbons (Fsp3) is 0.0909. The Bertz CT molecular complexity index is 642. The summed E-state index contributed by atoms with van der Waals surface area (Å²) in [5, 5.41) is 2.36. The molecule has 0 amide bonds. The van der Waals surface area contributed by atoms with E-state index in [1.54, 1.807) is 17.5 Å². The minimum Gasteiger partial charge on any atom is -0.296 e. The molecule has 4 nitrogen and oxygen atoms in total. The van der Waals surface area contributed by atoms with Crippen LogP contribution in [-0.4, -0.2) is 25.9 Å². The Hall–Kier alpha value is -1.53. The van der Waals surface area contributed by atoms with Crippen LogP contribution in [0.1, 0.15) is 10.5 Å². The van der Waals surface area contributed by atoms with E-state index in [0.29, 0.717) is 17.0 Å². The average Bonchev–Trinajstić information content (AvgIpc) is 2.76. The molecule has 0 radical (unpaired) electrons. The molecular formula is C11H9NO3S2. The molecule has 0 unspecified atom stereocenters. The van der Waals surface area contributed by atoms with Crippen LogP contribution in [0.15, 0.2) is 34.5 Å². The second-order valence-corrected chi connectivity index (χ2v) is 6.37. The van der Waals surface area contributed by atoms with Crippen molar-refractivity contribution in [1.82, 2.24) is 4.98 Å². The number of hydrogen-bond acceptors (Lipinski definition) is 5. The van der Waals surface area contributed by atoms with E-state index in [2.05, 4.69) is 4.98 Å². The average molecular weight is 267 g/mol. The minimum atomic E-state index is -3.17. The Labute approximate surface area is 103 Å². The Morgan fingerprint density at radius 3 is 2.35 bits per heavy atom. The van der Waals surface area contributed by atoms with E-state index in [9.17, 15) is 13.2 Å². The molecule has 0 bridgehead atoms. The van der Waals surface area contributed by atoms with Crippen molar-refractivity contribution < 1.29 is 13.2 Å². The summed E-state index contributed by atoms with van der Waals surface area (Å²) in [5.41, 5.74) is 1.19. The SMILES string of the molecule is CS(=O)(=O)c1ccc(-c2nc(C=O)cs2)cc1. The molecule has 88 valence electrons. The number of carbonyl (C=O) groups is 1. The Balaban J connectivity index is 2.38. The predicted molar refractivity (Wildman–Crippen MR) is 66.0 cm³/mol. The van der Waals surface area contributed by atoms with Gasteiger partial charge in [0, 0.05) is 17.2 Å². The van der Waals surface area contributed by atoms with E-state index in [-0.39, 0.29) is 4.90 Å². The number of rotatable bonds is 3. The van der Waals surface area contributed by atoms with Crippen LogP contribution in [0.4, 0.5) is 0 Å². The summed E-state index contributed by atoms with van der Waals surface area (Å²) in [7, 11) is -3.17. The largest absolute Gasteiger partial charge is 0.296 e. The zero-order valence-corrected chi connectivity index (χ0v) is 10.6. The smallest absolute Gasteiger partial charge is 0.175 e. The standard InChI is InChI=1S/C11H9NO3S2/c1-17(14,15)10-4-2-8(3-5-10)11-12-9(6-13)7-16-11/h2-7H,1H3. The summed E-state index contributed by atoms with van der Waals surface area (Å²) < 4.78 is 22.5. The van der Waals surface area contributed by atoms with Gasteiger partial charge in [-0.05, 0) is 12.1 Å². The van der Waals surface area contributed by atoms with Crippen LogP contribution in [0.5, 0.6) is 0 Å². The van der Waals surface area contributed by atoms with Gasteiger partial charge in [-0.1, -0.05) is 12.1 Å². The van der Waals surface area contributed by atoms with E-state index >= 15 is 0 Å². The van der Waals surface area contributed by atoms with Crippen molar-refractivity contribution in [1.29, 1.82) is 0 Å². The van der Waals surface area contributed by atoms with Crippen LogP contribution < -0.4 is 0 Å². The molecule has 0 aliphatic heterocycles. The molecule has 1 heterocycles. The first-order valence-electron chi connectivity index (χ1n) is 4.72. The molecule has 0 aliphatic rings. The summed E-state index contributed by atoms with van der Waals surface area (Å²) in [6, 6.07) is 6.44. The topological polar surface area (TPSA) is 64.1 Å². The highest BCUT2D eigenvalue weighted by molar-refractivity contribution is 7.90. The number of nitrogens with zero attached hydrogens (tertiary/aromatic N) is 1. The second-order valence-electron chi connectivity index (χ2n) is 3.49. The van der Waals surface area contributed by atoms with Gasteiger partial charge in [0.25, 0.3) is 0 Å². The van der Waals surface area contributed by atoms with Crippen molar-refractivity contribution in [2.75, 3.05) is 6.26 Å². The molecule has 6 heteroatoms. The molecule has 0 N–H and O–H groups in total. The molecule has 0 spiro atoms. The van der Waals surface area contributed by atoms with E-state index in [0.717, 1.165) is 11.8 Å². The molecule has 2 rings (SSSR count). The highest BCUT2D eigenvalue weighted by Crippen LogP contribution is 2.24. The molecule has 0 atom stereocenters. The van der Waals surface area contributed by atoms with Crippen LogP contribution in [0, 0.1) is 0 Å². The molecule has 0 fully saturated rings. The first-order chi connectivity index (χ1) is 8.00. The van der Waals surface area contributed by atoms with Crippen LogP contribution in [0.3, 0.4) is 0 Å². The maximum atomic E-state index is 11.3. The Kier molecular flexibility index (Phi) is 3.08. The van der Waals surface area contributed by atoms with Gasteiger partial charge < -0.3 is 0 Å². The Morgan fingerprint density at radius 1 is 1.24 bits per heavy atom. The fourth-order valence-corrected chi connectivity index (χ4v) is 2.72. The molecule has 2 aromatic rings. The van der Waals surface area contributed by atoms with Gasteiger partial charge in [-0.25, -0.2) is 13.4 Å². The van der Waals surface area contributed by atoms with Gasteiger partial charge in [0.05, 0.1) is 4.90 Å². The lowest BCUT2D eigenvalue weighted by Crippen LogP contribution is -1.96. The third-order valence-corrected chi connectivity index (χ3v) is 4.21. The highest BCUT2D eigenvalue weighted by atomic mass is 32.2. The van der Waals surface area contributed by atoms with Crippen molar-refractivity contribution in [3.8, 4) is 10.6 Å². The molecule has 1 aromatic carbocycles. The van der Waals surface area contributed by atoms with Crippen LogP contribution >= 0.6 is 11.3 Å². The number of sulfone groups is 1. The van der Waals surface area contributed by atoms with Gasteiger partial charge in [-0.2, -0.15) is 0 Å². The highest BCUT2D eigenvalue weighted by Gasteiger charge is 2.08. The monoisotopic (exact) mass is 267 g/mol. The molecule has 1 aromatic heterocycles. The summed E-state index contributed by atoms with van der Waals surface area (Å²) in [4.78, 5) is 14.9. The van der Waals surface area contributed by atoms with Gasteiger partial charge in [-0.3, -0.25) is 4.79 Å². The van der Waals surface area contributed by atoms with Crippen molar-refractivity contribution in [3.63, 3.8) is 0 Å². The normalized spacial score (nSPS) is 11.4. The van der Waals surface area contributed by atoms with Gasteiger partial charge >= 0.3 is 0 Å². The van der Waals surface area contributed by atoms with E-state index in [1.165, 1.54) is 23.5 Å². The van der Waals surface area contributed by atoms with Crippen molar-refractivity contribution in [3.05, 3.63) is 35.3 Å². The van der Waals surface area contributed by atoms with E-state index in [1.807, 2.05) is 0 Å². The number of aromatic nitrogens is 1. The van der Waals surface area contributed by atoms with E-state index in [4.69, 9.17) is 0 Å². The summed E-state index contributed by atoms with van der Waals surface area (Å²) in [6.45, 7) is 0. The molecule has 0 aliphatic carbocycles.